The van der Waals surface area contributed by atoms with Crippen molar-refractivity contribution in [1.29, 1.82) is 0 Å². The van der Waals surface area contributed by atoms with E-state index < -0.39 is 0 Å². The lowest BCUT2D eigenvalue weighted by atomic mass is 10.4. The molecule has 3 nitrogen and oxygen atoms in total. The fourth-order valence-corrected chi connectivity index (χ4v) is 2.46. The normalized spacial score (nSPS) is 18.1. The highest BCUT2D eigenvalue weighted by molar-refractivity contribution is 7.11. The standard InChI is InChI=1S/C11H18N2OS/c1-7-10(6-12-9-4-5-9)15-11(13-7)8(2)14-3/h8-9,12H,4-6H2,1-3H3. The lowest BCUT2D eigenvalue weighted by molar-refractivity contribution is 0.119. The van der Waals surface area contributed by atoms with Gasteiger partial charge in [-0.3, -0.25) is 0 Å². The molecule has 1 aliphatic rings. The molecule has 1 aliphatic carbocycles. The largest absolute Gasteiger partial charge is 0.375 e. The van der Waals surface area contributed by atoms with Crippen molar-refractivity contribution in [3.05, 3.63) is 15.6 Å². The number of methoxy groups -OCH3 is 1. The van der Waals surface area contributed by atoms with Crippen LogP contribution in [0.1, 0.15) is 41.4 Å². The summed E-state index contributed by atoms with van der Waals surface area (Å²) in [6.45, 7) is 5.08. The van der Waals surface area contributed by atoms with Crippen LogP contribution in [0, 0.1) is 6.92 Å². The molecule has 1 fully saturated rings. The fraction of sp³-hybridized carbons (Fsp3) is 0.727. The third-order valence-electron chi connectivity index (χ3n) is 2.74. The van der Waals surface area contributed by atoms with Gasteiger partial charge in [-0.15, -0.1) is 11.3 Å². The number of thiazole rings is 1. The van der Waals surface area contributed by atoms with Gasteiger partial charge in [0.05, 0.1) is 5.69 Å². The molecular weight excluding hydrogens is 208 g/mol. The Balaban J connectivity index is 1.99. The molecule has 4 heteroatoms. The van der Waals surface area contributed by atoms with E-state index in [1.54, 1.807) is 18.4 Å². The maximum absolute atomic E-state index is 5.27. The molecule has 15 heavy (non-hydrogen) atoms. The third-order valence-corrected chi connectivity index (χ3v) is 4.06. The third kappa shape index (κ3) is 2.77. The van der Waals surface area contributed by atoms with Crippen molar-refractivity contribution >= 4 is 11.3 Å². The van der Waals surface area contributed by atoms with E-state index in [0.29, 0.717) is 0 Å². The van der Waals surface area contributed by atoms with Crippen molar-refractivity contribution in [3.63, 3.8) is 0 Å². The SMILES string of the molecule is COC(C)c1nc(C)c(CNC2CC2)s1. The second kappa shape index (κ2) is 4.60. The highest BCUT2D eigenvalue weighted by atomic mass is 32.1. The van der Waals surface area contributed by atoms with E-state index in [1.807, 2.05) is 6.92 Å². The zero-order chi connectivity index (χ0) is 10.8. The van der Waals surface area contributed by atoms with Crippen molar-refractivity contribution in [1.82, 2.24) is 10.3 Å². The van der Waals surface area contributed by atoms with Gasteiger partial charge in [0, 0.05) is 24.6 Å². The molecule has 1 saturated carbocycles. The first-order valence-electron chi connectivity index (χ1n) is 5.43. The number of rotatable bonds is 5. The second-order valence-electron chi connectivity index (χ2n) is 4.09. The zero-order valence-corrected chi connectivity index (χ0v) is 10.4. The lowest BCUT2D eigenvalue weighted by Crippen LogP contribution is -2.14. The molecule has 1 heterocycles. The summed E-state index contributed by atoms with van der Waals surface area (Å²) in [6.07, 6.45) is 2.78. The monoisotopic (exact) mass is 226 g/mol. The van der Waals surface area contributed by atoms with Crippen LogP contribution in [0.5, 0.6) is 0 Å². The Hall–Kier alpha value is -0.450. The summed E-state index contributed by atoms with van der Waals surface area (Å²) in [5.41, 5.74) is 1.15. The van der Waals surface area contributed by atoms with Crippen LogP contribution in [0.3, 0.4) is 0 Å². The molecule has 2 rings (SSSR count). The van der Waals surface area contributed by atoms with Crippen LogP contribution in [-0.4, -0.2) is 18.1 Å². The molecule has 0 aliphatic heterocycles. The smallest absolute Gasteiger partial charge is 0.122 e. The lowest BCUT2D eigenvalue weighted by Gasteiger charge is -2.03. The summed E-state index contributed by atoms with van der Waals surface area (Å²) in [7, 11) is 1.73. The first kappa shape index (κ1) is 11.0. The molecule has 0 radical (unpaired) electrons. The number of ether oxygens (including phenoxy) is 1. The van der Waals surface area contributed by atoms with E-state index in [4.69, 9.17) is 4.74 Å². The fourth-order valence-electron chi connectivity index (χ4n) is 1.41. The Kier molecular flexibility index (Phi) is 3.38. The number of hydrogen-bond acceptors (Lipinski definition) is 4. The van der Waals surface area contributed by atoms with Crippen molar-refractivity contribution < 1.29 is 4.74 Å². The maximum atomic E-state index is 5.27. The average Bonchev–Trinajstić information content (AvgIpc) is 2.99. The Labute approximate surface area is 94.9 Å². The number of nitrogens with one attached hydrogen (secondary N) is 1. The van der Waals surface area contributed by atoms with Crippen LogP contribution in [-0.2, 0) is 11.3 Å². The van der Waals surface area contributed by atoms with Gasteiger partial charge in [0.25, 0.3) is 0 Å². The molecule has 0 spiro atoms. The van der Waals surface area contributed by atoms with E-state index in [9.17, 15) is 0 Å². The van der Waals surface area contributed by atoms with Crippen LogP contribution >= 0.6 is 11.3 Å². The maximum Gasteiger partial charge on any atom is 0.122 e. The van der Waals surface area contributed by atoms with Crippen LogP contribution in [0.2, 0.25) is 0 Å². The van der Waals surface area contributed by atoms with E-state index in [0.717, 1.165) is 23.3 Å². The molecule has 0 saturated heterocycles. The molecule has 84 valence electrons. The minimum Gasteiger partial charge on any atom is -0.375 e. The van der Waals surface area contributed by atoms with E-state index in [2.05, 4.69) is 17.2 Å². The Morgan fingerprint density at radius 3 is 2.93 bits per heavy atom. The summed E-state index contributed by atoms with van der Waals surface area (Å²) < 4.78 is 5.27. The molecule has 1 N–H and O–H groups in total. The first-order chi connectivity index (χ1) is 7.20. The predicted octanol–water partition coefficient (Wildman–Crippen LogP) is 2.41. The summed E-state index contributed by atoms with van der Waals surface area (Å²) in [5.74, 6) is 0. The molecule has 0 aromatic carbocycles. The van der Waals surface area contributed by atoms with Crippen molar-refractivity contribution in [3.8, 4) is 0 Å². The van der Waals surface area contributed by atoms with Crippen LogP contribution in [0.15, 0.2) is 0 Å². The number of aromatic nitrogens is 1. The van der Waals surface area contributed by atoms with Gasteiger partial charge in [-0.2, -0.15) is 0 Å². The summed E-state index contributed by atoms with van der Waals surface area (Å²) in [6, 6.07) is 0.759. The van der Waals surface area contributed by atoms with E-state index >= 15 is 0 Å². The molecular formula is C11H18N2OS. The van der Waals surface area contributed by atoms with Gasteiger partial charge in [-0.25, -0.2) is 4.98 Å². The molecule has 1 aromatic rings. The van der Waals surface area contributed by atoms with Crippen molar-refractivity contribution in [2.75, 3.05) is 7.11 Å². The molecule has 0 bridgehead atoms. The van der Waals surface area contributed by atoms with Gasteiger partial charge in [0.15, 0.2) is 0 Å². The summed E-state index contributed by atoms with van der Waals surface area (Å²) in [5, 5.41) is 4.60. The minimum atomic E-state index is 0.114. The van der Waals surface area contributed by atoms with Crippen LogP contribution in [0.25, 0.3) is 0 Å². The van der Waals surface area contributed by atoms with Gasteiger partial charge in [-0.05, 0) is 26.7 Å². The van der Waals surface area contributed by atoms with E-state index in [1.165, 1.54) is 17.7 Å². The molecule has 1 unspecified atom stereocenters. The van der Waals surface area contributed by atoms with Crippen LogP contribution in [0.4, 0.5) is 0 Å². The topological polar surface area (TPSA) is 34.1 Å². The summed E-state index contributed by atoms with van der Waals surface area (Å²) in [4.78, 5) is 5.88. The number of nitrogens with zero attached hydrogens (tertiary/aromatic N) is 1. The summed E-state index contributed by atoms with van der Waals surface area (Å²) >= 11 is 1.76. The van der Waals surface area contributed by atoms with Crippen molar-refractivity contribution in [2.24, 2.45) is 0 Å². The molecule has 0 amide bonds. The predicted molar refractivity (Wildman–Crippen MR) is 62.1 cm³/mol. The number of aryl methyl sites for hydroxylation is 1. The molecule has 1 atom stereocenters. The Morgan fingerprint density at radius 1 is 1.60 bits per heavy atom. The average molecular weight is 226 g/mol. The van der Waals surface area contributed by atoms with Crippen molar-refractivity contribution in [2.45, 2.75) is 45.4 Å². The zero-order valence-electron chi connectivity index (χ0n) is 9.54. The van der Waals surface area contributed by atoms with Gasteiger partial charge in [0.2, 0.25) is 0 Å². The van der Waals surface area contributed by atoms with Gasteiger partial charge >= 0.3 is 0 Å². The van der Waals surface area contributed by atoms with Gasteiger partial charge in [0.1, 0.15) is 11.1 Å². The highest BCUT2D eigenvalue weighted by Crippen LogP contribution is 2.26. The number of hydrogen-bond donors (Lipinski definition) is 1. The quantitative estimate of drug-likeness (QED) is 0.837. The second-order valence-corrected chi connectivity index (χ2v) is 5.21. The first-order valence-corrected chi connectivity index (χ1v) is 6.24. The minimum absolute atomic E-state index is 0.114. The molecule has 1 aromatic heterocycles. The Bertz CT molecular complexity index is 333. The van der Waals surface area contributed by atoms with Gasteiger partial charge in [-0.1, -0.05) is 0 Å². The van der Waals surface area contributed by atoms with E-state index in [-0.39, 0.29) is 6.10 Å². The van der Waals surface area contributed by atoms with Gasteiger partial charge < -0.3 is 10.1 Å². The van der Waals surface area contributed by atoms with Crippen LogP contribution < -0.4 is 5.32 Å². The Morgan fingerprint density at radius 2 is 2.33 bits per heavy atom. The highest BCUT2D eigenvalue weighted by Gasteiger charge is 2.21.